The molecule has 0 radical (unpaired) electrons. The first-order chi connectivity index (χ1) is 12.0. The number of anilines is 1. The Bertz CT molecular complexity index is 1000. The van der Waals surface area contributed by atoms with Crippen LogP contribution in [0.5, 0.6) is 0 Å². The number of para-hydroxylation sites is 1. The maximum Gasteiger partial charge on any atom is 0.242 e. The summed E-state index contributed by atoms with van der Waals surface area (Å²) in [6.07, 6.45) is 1.17. The van der Waals surface area contributed by atoms with Gasteiger partial charge in [0.25, 0.3) is 0 Å². The van der Waals surface area contributed by atoms with Crippen molar-refractivity contribution in [1.82, 2.24) is 9.29 Å². The van der Waals surface area contributed by atoms with E-state index < -0.39 is 10.0 Å². The zero-order chi connectivity index (χ0) is 17.6. The van der Waals surface area contributed by atoms with Crippen molar-refractivity contribution in [2.75, 3.05) is 32.1 Å². The summed E-state index contributed by atoms with van der Waals surface area (Å²) in [5.74, 6) is 0. The summed E-state index contributed by atoms with van der Waals surface area (Å²) < 4.78 is 26.4. The lowest BCUT2D eigenvalue weighted by atomic mass is 10.1. The zero-order valence-electron chi connectivity index (χ0n) is 14.4. The van der Waals surface area contributed by atoms with Gasteiger partial charge in [-0.3, -0.25) is 0 Å². The van der Waals surface area contributed by atoms with E-state index in [0.29, 0.717) is 4.90 Å². The SMILES string of the molecule is CN(C)S(=O)(=O)c1ccc(N2CCC2)c(-c2cc3ccccc3[nH]2)c1. The van der Waals surface area contributed by atoms with Gasteiger partial charge < -0.3 is 9.88 Å². The van der Waals surface area contributed by atoms with Gasteiger partial charge in [0.15, 0.2) is 0 Å². The highest BCUT2D eigenvalue weighted by atomic mass is 32.2. The Morgan fingerprint density at radius 3 is 2.44 bits per heavy atom. The van der Waals surface area contributed by atoms with Gasteiger partial charge in [0.2, 0.25) is 10.0 Å². The van der Waals surface area contributed by atoms with E-state index >= 15 is 0 Å². The van der Waals surface area contributed by atoms with Crippen LogP contribution in [0, 0.1) is 0 Å². The number of hydrogen-bond acceptors (Lipinski definition) is 3. The molecule has 6 heteroatoms. The lowest BCUT2D eigenvalue weighted by molar-refractivity contribution is 0.520. The topological polar surface area (TPSA) is 56.4 Å². The van der Waals surface area contributed by atoms with Crippen molar-refractivity contribution in [3.63, 3.8) is 0 Å². The second-order valence-electron chi connectivity index (χ2n) is 6.58. The summed E-state index contributed by atoms with van der Waals surface area (Å²) in [5, 5.41) is 1.12. The largest absolute Gasteiger partial charge is 0.371 e. The van der Waals surface area contributed by atoms with Crippen LogP contribution in [0.2, 0.25) is 0 Å². The smallest absolute Gasteiger partial charge is 0.242 e. The number of H-pyrrole nitrogens is 1. The van der Waals surface area contributed by atoms with Crippen LogP contribution in [0.15, 0.2) is 53.4 Å². The summed E-state index contributed by atoms with van der Waals surface area (Å²) in [7, 11) is -0.354. The van der Waals surface area contributed by atoms with Gasteiger partial charge in [-0.05, 0) is 36.8 Å². The van der Waals surface area contributed by atoms with Crippen molar-refractivity contribution in [3.05, 3.63) is 48.5 Å². The maximum atomic E-state index is 12.6. The lowest BCUT2D eigenvalue weighted by Gasteiger charge is -2.35. The van der Waals surface area contributed by atoms with Gasteiger partial charge in [-0.2, -0.15) is 0 Å². The molecule has 0 atom stereocenters. The Morgan fingerprint density at radius 1 is 1.04 bits per heavy atom. The van der Waals surface area contributed by atoms with E-state index in [0.717, 1.165) is 40.9 Å². The molecule has 0 spiro atoms. The predicted octanol–water partition coefficient (Wildman–Crippen LogP) is 3.30. The average molecular weight is 355 g/mol. The second-order valence-corrected chi connectivity index (χ2v) is 8.73. The van der Waals surface area contributed by atoms with Crippen molar-refractivity contribution in [3.8, 4) is 11.3 Å². The van der Waals surface area contributed by atoms with Gasteiger partial charge >= 0.3 is 0 Å². The number of aromatic amines is 1. The van der Waals surface area contributed by atoms with E-state index in [-0.39, 0.29) is 0 Å². The molecule has 1 aliphatic heterocycles. The van der Waals surface area contributed by atoms with Gasteiger partial charge in [0.1, 0.15) is 0 Å². The molecule has 130 valence electrons. The minimum atomic E-state index is -3.47. The Balaban J connectivity index is 1.91. The molecule has 0 aliphatic carbocycles. The molecule has 0 amide bonds. The van der Waals surface area contributed by atoms with Crippen LogP contribution < -0.4 is 4.90 Å². The molecular formula is C19H21N3O2S. The summed E-state index contributed by atoms with van der Waals surface area (Å²) in [5.41, 5.74) is 4.00. The fourth-order valence-corrected chi connectivity index (χ4v) is 4.08. The highest BCUT2D eigenvalue weighted by Gasteiger charge is 2.23. The monoisotopic (exact) mass is 355 g/mol. The van der Waals surface area contributed by atoms with Crippen molar-refractivity contribution in [2.45, 2.75) is 11.3 Å². The maximum absolute atomic E-state index is 12.6. The molecular weight excluding hydrogens is 334 g/mol. The third-order valence-electron chi connectivity index (χ3n) is 4.76. The molecule has 5 nitrogen and oxygen atoms in total. The summed E-state index contributed by atoms with van der Waals surface area (Å²) in [6, 6.07) is 15.6. The van der Waals surface area contributed by atoms with E-state index in [1.807, 2.05) is 24.3 Å². The predicted molar refractivity (Wildman–Crippen MR) is 101 cm³/mol. The third-order valence-corrected chi connectivity index (χ3v) is 6.57. The van der Waals surface area contributed by atoms with E-state index in [9.17, 15) is 8.42 Å². The molecule has 1 fully saturated rings. The van der Waals surface area contributed by atoms with Crippen molar-refractivity contribution in [1.29, 1.82) is 0 Å². The lowest BCUT2D eigenvalue weighted by Crippen LogP contribution is -2.37. The molecule has 0 saturated carbocycles. The van der Waals surface area contributed by atoms with Crippen LogP contribution in [0.25, 0.3) is 22.2 Å². The first kappa shape index (κ1) is 16.2. The summed E-state index contributed by atoms with van der Waals surface area (Å²) >= 11 is 0. The average Bonchev–Trinajstić information content (AvgIpc) is 2.97. The van der Waals surface area contributed by atoms with Crippen LogP contribution in [0.1, 0.15) is 6.42 Å². The number of rotatable bonds is 4. The van der Waals surface area contributed by atoms with Crippen molar-refractivity contribution < 1.29 is 8.42 Å². The van der Waals surface area contributed by atoms with Gasteiger partial charge in [0.05, 0.1) is 4.90 Å². The van der Waals surface area contributed by atoms with Crippen molar-refractivity contribution in [2.24, 2.45) is 0 Å². The van der Waals surface area contributed by atoms with Crippen LogP contribution in [0.4, 0.5) is 5.69 Å². The number of fused-ring (bicyclic) bond motifs is 1. The highest BCUT2D eigenvalue weighted by molar-refractivity contribution is 7.89. The Morgan fingerprint density at radius 2 is 1.80 bits per heavy atom. The molecule has 1 aromatic heterocycles. The number of sulfonamides is 1. The van der Waals surface area contributed by atoms with Gasteiger partial charge in [-0.25, -0.2) is 12.7 Å². The zero-order valence-corrected chi connectivity index (χ0v) is 15.2. The number of aromatic nitrogens is 1. The minimum absolute atomic E-state index is 0.315. The second kappa shape index (κ2) is 5.89. The Labute approximate surface area is 147 Å². The highest BCUT2D eigenvalue weighted by Crippen LogP contribution is 2.36. The van der Waals surface area contributed by atoms with Crippen LogP contribution in [-0.2, 0) is 10.0 Å². The standard InChI is InChI=1S/C19H21N3O2S/c1-21(2)25(23,24)15-8-9-19(22-10-5-11-22)16(13-15)18-12-14-6-3-4-7-17(14)20-18/h3-4,6-9,12-13,20H,5,10-11H2,1-2H3. The third kappa shape index (κ3) is 2.71. The molecule has 2 aromatic carbocycles. The molecule has 1 N–H and O–H groups in total. The minimum Gasteiger partial charge on any atom is -0.371 e. The first-order valence-corrected chi connectivity index (χ1v) is 9.80. The summed E-state index contributed by atoms with van der Waals surface area (Å²) in [6.45, 7) is 2.01. The fraction of sp³-hybridized carbons (Fsp3) is 0.263. The van der Waals surface area contributed by atoms with E-state index in [4.69, 9.17) is 0 Å². The van der Waals surface area contributed by atoms with Crippen molar-refractivity contribution >= 4 is 26.6 Å². The Kier molecular flexibility index (Phi) is 3.81. The fourth-order valence-electron chi connectivity index (χ4n) is 3.15. The number of nitrogens with zero attached hydrogens (tertiary/aromatic N) is 2. The molecule has 3 aromatic rings. The molecule has 1 aliphatic rings. The number of benzene rings is 2. The number of hydrogen-bond donors (Lipinski definition) is 1. The molecule has 1 saturated heterocycles. The molecule has 0 unspecified atom stereocenters. The van der Waals surface area contributed by atoms with E-state index in [1.165, 1.54) is 10.7 Å². The van der Waals surface area contributed by atoms with Crippen LogP contribution >= 0.6 is 0 Å². The molecule has 25 heavy (non-hydrogen) atoms. The number of nitrogens with one attached hydrogen (secondary N) is 1. The van der Waals surface area contributed by atoms with Crippen LogP contribution in [-0.4, -0.2) is 44.9 Å². The molecule has 2 heterocycles. The van der Waals surface area contributed by atoms with E-state index in [1.54, 1.807) is 26.2 Å². The summed E-state index contributed by atoms with van der Waals surface area (Å²) in [4.78, 5) is 6.03. The van der Waals surface area contributed by atoms with Crippen LogP contribution in [0.3, 0.4) is 0 Å². The Hall–Kier alpha value is -2.31. The molecule has 0 bridgehead atoms. The first-order valence-electron chi connectivity index (χ1n) is 8.36. The van der Waals surface area contributed by atoms with E-state index in [2.05, 4.69) is 22.0 Å². The van der Waals surface area contributed by atoms with Gasteiger partial charge in [-0.1, -0.05) is 18.2 Å². The van der Waals surface area contributed by atoms with Gasteiger partial charge in [-0.15, -0.1) is 0 Å². The molecule has 4 rings (SSSR count). The normalized spacial score (nSPS) is 14.9. The quantitative estimate of drug-likeness (QED) is 0.781. The van der Waals surface area contributed by atoms with Gasteiger partial charge in [0, 0.05) is 55.0 Å².